The van der Waals surface area contributed by atoms with Crippen molar-refractivity contribution in [1.82, 2.24) is 10.2 Å². The summed E-state index contributed by atoms with van der Waals surface area (Å²) in [5.41, 5.74) is -0.392. The van der Waals surface area contributed by atoms with Gasteiger partial charge in [-0.1, -0.05) is 13.8 Å². The molecular weight excluding hydrogens is 216 g/mol. The van der Waals surface area contributed by atoms with Gasteiger partial charge in [-0.2, -0.15) is 0 Å². The lowest BCUT2D eigenvalue weighted by atomic mass is 10.2. The number of rotatable bonds is 8. The minimum absolute atomic E-state index is 0.184. The lowest BCUT2D eigenvalue weighted by Crippen LogP contribution is -2.36. The summed E-state index contributed by atoms with van der Waals surface area (Å²) in [7, 11) is 0. The molecule has 0 heterocycles. The van der Waals surface area contributed by atoms with E-state index >= 15 is 0 Å². The first-order chi connectivity index (χ1) is 7.89. The van der Waals surface area contributed by atoms with Crippen molar-refractivity contribution < 1.29 is 9.53 Å². The average molecular weight is 244 g/mol. The van der Waals surface area contributed by atoms with Gasteiger partial charge in [0.1, 0.15) is 5.60 Å². The maximum atomic E-state index is 11.4. The van der Waals surface area contributed by atoms with Crippen LogP contribution in [-0.4, -0.2) is 49.2 Å². The number of likely N-dealkylation sites (N-methyl/N-ethyl adjacent to an activating group) is 1. The van der Waals surface area contributed by atoms with Crippen molar-refractivity contribution in [1.29, 1.82) is 0 Å². The van der Waals surface area contributed by atoms with E-state index < -0.39 is 5.60 Å². The van der Waals surface area contributed by atoms with Crippen molar-refractivity contribution in [3.05, 3.63) is 0 Å². The molecule has 0 radical (unpaired) electrons. The molecule has 1 N–H and O–H groups in total. The number of hydrogen-bond donors (Lipinski definition) is 1. The summed E-state index contributed by atoms with van der Waals surface area (Å²) in [6, 6.07) is 0. The molecule has 0 fully saturated rings. The highest BCUT2D eigenvalue weighted by Crippen LogP contribution is 2.05. The summed E-state index contributed by atoms with van der Waals surface area (Å²) in [6.07, 6.45) is 1.17. The largest absolute Gasteiger partial charge is 0.459 e. The zero-order chi connectivity index (χ0) is 13.3. The molecule has 0 spiro atoms. The van der Waals surface area contributed by atoms with Gasteiger partial charge in [0.25, 0.3) is 0 Å². The van der Waals surface area contributed by atoms with Gasteiger partial charge in [-0.15, -0.1) is 0 Å². The molecule has 102 valence electrons. The molecule has 0 saturated carbocycles. The number of ether oxygens (including phenoxy) is 1. The van der Waals surface area contributed by atoms with Crippen LogP contribution in [0.5, 0.6) is 0 Å². The van der Waals surface area contributed by atoms with Crippen LogP contribution >= 0.6 is 0 Å². The fraction of sp³-hybridized carbons (Fsp3) is 0.923. The molecule has 4 heteroatoms. The Kier molecular flexibility index (Phi) is 8.17. The Labute approximate surface area is 106 Å². The average Bonchev–Trinajstić information content (AvgIpc) is 2.20. The third-order valence-corrected chi connectivity index (χ3v) is 2.28. The van der Waals surface area contributed by atoms with E-state index in [1.54, 1.807) is 0 Å². The summed E-state index contributed by atoms with van der Waals surface area (Å²) in [6.45, 7) is 14.2. The topological polar surface area (TPSA) is 41.6 Å². The zero-order valence-corrected chi connectivity index (χ0v) is 12.0. The SMILES string of the molecule is CCCN(CC)CCNCC(=O)OC(C)(C)C. The van der Waals surface area contributed by atoms with Gasteiger partial charge in [0, 0.05) is 13.1 Å². The van der Waals surface area contributed by atoms with Crippen LogP contribution in [0.4, 0.5) is 0 Å². The molecule has 4 nitrogen and oxygen atoms in total. The highest BCUT2D eigenvalue weighted by Gasteiger charge is 2.15. The standard InChI is InChI=1S/C13H28N2O2/c1-6-9-15(7-2)10-8-14-11-12(16)17-13(3,4)5/h14H,6-11H2,1-5H3. The smallest absolute Gasteiger partial charge is 0.320 e. The van der Waals surface area contributed by atoms with Gasteiger partial charge in [0.2, 0.25) is 0 Å². The molecule has 0 atom stereocenters. The summed E-state index contributed by atoms with van der Waals surface area (Å²) in [5.74, 6) is -0.184. The molecule has 17 heavy (non-hydrogen) atoms. The molecule has 0 bridgehead atoms. The van der Waals surface area contributed by atoms with Gasteiger partial charge in [-0.25, -0.2) is 0 Å². The first-order valence-corrected chi connectivity index (χ1v) is 6.54. The van der Waals surface area contributed by atoms with Crippen molar-refractivity contribution in [2.24, 2.45) is 0 Å². The Morgan fingerprint density at radius 3 is 2.35 bits per heavy atom. The Hall–Kier alpha value is -0.610. The molecule has 0 unspecified atom stereocenters. The fourth-order valence-corrected chi connectivity index (χ4v) is 1.55. The van der Waals surface area contributed by atoms with Crippen molar-refractivity contribution in [2.75, 3.05) is 32.7 Å². The molecule has 0 aliphatic heterocycles. The molecule has 0 amide bonds. The summed E-state index contributed by atoms with van der Waals surface area (Å²) in [5, 5.41) is 3.11. The second kappa shape index (κ2) is 8.48. The van der Waals surface area contributed by atoms with E-state index in [1.165, 1.54) is 6.42 Å². The molecule has 0 aromatic carbocycles. The normalized spacial score (nSPS) is 11.9. The number of esters is 1. The van der Waals surface area contributed by atoms with E-state index in [1.807, 2.05) is 20.8 Å². The molecule has 0 aromatic rings. The lowest BCUT2D eigenvalue weighted by Gasteiger charge is -2.21. The Bertz CT molecular complexity index is 212. The molecule has 0 aliphatic rings. The van der Waals surface area contributed by atoms with Gasteiger partial charge < -0.3 is 15.0 Å². The van der Waals surface area contributed by atoms with Crippen LogP contribution < -0.4 is 5.32 Å². The summed E-state index contributed by atoms with van der Waals surface area (Å²) < 4.78 is 5.20. The van der Waals surface area contributed by atoms with E-state index in [9.17, 15) is 4.79 Å². The second-order valence-electron chi connectivity index (χ2n) is 5.20. The number of nitrogens with zero attached hydrogens (tertiary/aromatic N) is 1. The minimum Gasteiger partial charge on any atom is -0.459 e. The highest BCUT2D eigenvalue weighted by molar-refractivity contribution is 5.72. The molecule has 0 saturated heterocycles. The monoisotopic (exact) mass is 244 g/mol. The maximum absolute atomic E-state index is 11.4. The summed E-state index contributed by atoms with van der Waals surface area (Å²) in [4.78, 5) is 13.8. The van der Waals surface area contributed by atoms with Crippen molar-refractivity contribution in [2.45, 2.75) is 46.6 Å². The molecule has 0 aliphatic carbocycles. The predicted molar refractivity (Wildman–Crippen MR) is 71.1 cm³/mol. The van der Waals surface area contributed by atoms with Crippen LogP contribution in [0.15, 0.2) is 0 Å². The van der Waals surface area contributed by atoms with E-state index in [4.69, 9.17) is 4.74 Å². The van der Waals surface area contributed by atoms with Gasteiger partial charge in [0.15, 0.2) is 0 Å². The second-order valence-corrected chi connectivity index (χ2v) is 5.20. The lowest BCUT2D eigenvalue weighted by molar-refractivity contribution is -0.153. The third-order valence-electron chi connectivity index (χ3n) is 2.28. The summed E-state index contributed by atoms with van der Waals surface area (Å²) >= 11 is 0. The number of carbonyl (C=O) groups excluding carboxylic acids is 1. The van der Waals surface area contributed by atoms with Crippen molar-refractivity contribution >= 4 is 5.97 Å². The zero-order valence-electron chi connectivity index (χ0n) is 12.0. The quantitative estimate of drug-likeness (QED) is 0.521. The van der Waals surface area contributed by atoms with E-state index in [0.717, 1.165) is 26.2 Å². The van der Waals surface area contributed by atoms with E-state index in [2.05, 4.69) is 24.1 Å². The van der Waals surface area contributed by atoms with Gasteiger partial charge in [-0.05, 0) is 40.3 Å². The van der Waals surface area contributed by atoms with Crippen molar-refractivity contribution in [3.63, 3.8) is 0 Å². The van der Waals surface area contributed by atoms with E-state index in [0.29, 0.717) is 6.54 Å². The van der Waals surface area contributed by atoms with E-state index in [-0.39, 0.29) is 5.97 Å². The van der Waals surface area contributed by atoms with Gasteiger partial charge >= 0.3 is 5.97 Å². The van der Waals surface area contributed by atoms with Crippen LogP contribution in [-0.2, 0) is 9.53 Å². The number of hydrogen-bond acceptors (Lipinski definition) is 4. The molecule has 0 aromatic heterocycles. The van der Waals surface area contributed by atoms with Crippen LogP contribution in [0, 0.1) is 0 Å². The van der Waals surface area contributed by atoms with Crippen LogP contribution in [0.3, 0.4) is 0 Å². The minimum atomic E-state index is -0.392. The van der Waals surface area contributed by atoms with Gasteiger partial charge in [0.05, 0.1) is 6.54 Å². The number of carbonyl (C=O) groups is 1. The Balaban J connectivity index is 3.60. The number of nitrogens with one attached hydrogen (secondary N) is 1. The Morgan fingerprint density at radius 1 is 1.24 bits per heavy atom. The highest BCUT2D eigenvalue weighted by atomic mass is 16.6. The first kappa shape index (κ1) is 16.4. The van der Waals surface area contributed by atoms with Crippen LogP contribution in [0.25, 0.3) is 0 Å². The van der Waals surface area contributed by atoms with Crippen LogP contribution in [0.1, 0.15) is 41.0 Å². The first-order valence-electron chi connectivity index (χ1n) is 6.54. The Morgan fingerprint density at radius 2 is 1.88 bits per heavy atom. The van der Waals surface area contributed by atoms with Gasteiger partial charge in [-0.3, -0.25) is 4.79 Å². The predicted octanol–water partition coefficient (Wildman–Crippen LogP) is 1.65. The maximum Gasteiger partial charge on any atom is 0.320 e. The molecular formula is C13H28N2O2. The van der Waals surface area contributed by atoms with Crippen molar-refractivity contribution in [3.8, 4) is 0 Å². The molecule has 0 rings (SSSR count). The van der Waals surface area contributed by atoms with Crippen LogP contribution in [0.2, 0.25) is 0 Å². The third kappa shape index (κ3) is 10.3. The fourth-order valence-electron chi connectivity index (χ4n) is 1.55.